The largest absolute Gasteiger partial charge is 0.495 e. The lowest BCUT2D eigenvalue weighted by molar-refractivity contribution is -0.123. The maximum atomic E-state index is 12.7. The van der Waals surface area contributed by atoms with Crippen molar-refractivity contribution < 1.29 is 17.9 Å². The van der Waals surface area contributed by atoms with Crippen molar-refractivity contribution in [3.05, 3.63) is 59.7 Å². The van der Waals surface area contributed by atoms with E-state index in [2.05, 4.69) is 10.0 Å². The minimum Gasteiger partial charge on any atom is -0.495 e. The SMILES string of the molecule is COc1ccc(C)cc1S(=O)(=O)N[C@@H](C)C(=O)N[C@@H](C)c1ccccc1. The van der Waals surface area contributed by atoms with E-state index in [1.807, 2.05) is 37.3 Å². The molecule has 2 rings (SSSR count). The summed E-state index contributed by atoms with van der Waals surface area (Å²) in [6, 6.07) is 13.2. The molecule has 2 atom stereocenters. The van der Waals surface area contributed by atoms with Crippen molar-refractivity contribution in [2.75, 3.05) is 7.11 Å². The summed E-state index contributed by atoms with van der Waals surface area (Å²) in [5, 5.41) is 2.81. The third-order valence-corrected chi connectivity index (χ3v) is 5.55. The van der Waals surface area contributed by atoms with Crippen molar-refractivity contribution >= 4 is 15.9 Å². The van der Waals surface area contributed by atoms with Gasteiger partial charge in [-0.15, -0.1) is 0 Å². The molecule has 0 fully saturated rings. The first-order valence-electron chi connectivity index (χ1n) is 8.27. The molecular formula is C19H24N2O4S. The van der Waals surface area contributed by atoms with Gasteiger partial charge < -0.3 is 10.1 Å². The van der Waals surface area contributed by atoms with Gasteiger partial charge in [0, 0.05) is 0 Å². The van der Waals surface area contributed by atoms with Crippen LogP contribution in [0.5, 0.6) is 5.75 Å². The molecule has 26 heavy (non-hydrogen) atoms. The summed E-state index contributed by atoms with van der Waals surface area (Å²) in [5.74, 6) is -0.176. The highest BCUT2D eigenvalue weighted by Gasteiger charge is 2.26. The monoisotopic (exact) mass is 376 g/mol. The van der Waals surface area contributed by atoms with Crippen LogP contribution in [-0.4, -0.2) is 27.5 Å². The Bertz CT molecular complexity index is 866. The summed E-state index contributed by atoms with van der Waals surface area (Å²) in [5.41, 5.74) is 1.72. The first-order valence-corrected chi connectivity index (χ1v) is 9.75. The van der Waals surface area contributed by atoms with Gasteiger partial charge in [0.15, 0.2) is 0 Å². The molecule has 6 nitrogen and oxygen atoms in total. The van der Waals surface area contributed by atoms with Crippen LogP contribution >= 0.6 is 0 Å². The predicted molar refractivity (Wildman–Crippen MR) is 101 cm³/mol. The number of sulfonamides is 1. The second kappa shape index (κ2) is 8.33. The van der Waals surface area contributed by atoms with E-state index in [1.165, 1.54) is 20.1 Å². The van der Waals surface area contributed by atoms with Gasteiger partial charge in [-0.25, -0.2) is 8.42 Å². The Morgan fingerprint density at radius 3 is 2.35 bits per heavy atom. The van der Waals surface area contributed by atoms with E-state index in [4.69, 9.17) is 4.74 Å². The molecule has 2 N–H and O–H groups in total. The average Bonchev–Trinajstić information content (AvgIpc) is 2.62. The molecule has 0 aliphatic heterocycles. The number of carbonyl (C=O) groups excluding carboxylic acids is 1. The zero-order chi connectivity index (χ0) is 19.3. The Kier molecular flexibility index (Phi) is 6.39. The van der Waals surface area contributed by atoms with E-state index in [-0.39, 0.29) is 16.7 Å². The molecule has 0 unspecified atom stereocenters. The molecule has 2 aromatic carbocycles. The zero-order valence-electron chi connectivity index (χ0n) is 15.3. The molecule has 7 heteroatoms. The highest BCUT2D eigenvalue weighted by molar-refractivity contribution is 7.89. The third-order valence-electron chi connectivity index (χ3n) is 3.99. The summed E-state index contributed by atoms with van der Waals surface area (Å²) < 4.78 is 32.9. The smallest absolute Gasteiger partial charge is 0.244 e. The van der Waals surface area contributed by atoms with Crippen LogP contribution in [0.4, 0.5) is 0 Å². The molecule has 140 valence electrons. The van der Waals surface area contributed by atoms with Crippen LogP contribution in [0, 0.1) is 6.92 Å². The average molecular weight is 376 g/mol. The molecule has 0 heterocycles. The van der Waals surface area contributed by atoms with Gasteiger partial charge in [0.1, 0.15) is 10.6 Å². The maximum Gasteiger partial charge on any atom is 0.244 e. The Morgan fingerprint density at radius 2 is 1.73 bits per heavy atom. The first kappa shape index (κ1) is 19.9. The van der Waals surface area contributed by atoms with Gasteiger partial charge in [-0.1, -0.05) is 36.4 Å². The Labute approximate surface area is 154 Å². The van der Waals surface area contributed by atoms with Crippen LogP contribution in [0.15, 0.2) is 53.4 Å². The lowest BCUT2D eigenvalue weighted by atomic mass is 10.1. The number of carbonyl (C=O) groups is 1. The van der Waals surface area contributed by atoms with Crippen LogP contribution in [0.25, 0.3) is 0 Å². The zero-order valence-corrected chi connectivity index (χ0v) is 16.1. The fourth-order valence-electron chi connectivity index (χ4n) is 2.51. The number of ether oxygens (including phenoxy) is 1. The maximum absolute atomic E-state index is 12.7. The van der Waals surface area contributed by atoms with Crippen molar-refractivity contribution in [3.63, 3.8) is 0 Å². The van der Waals surface area contributed by atoms with Gasteiger partial charge in [0.25, 0.3) is 0 Å². The molecule has 0 saturated carbocycles. The molecular weight excluding hydrogens is 352 g/mol. The normalized spacial score (nSPS) is 13.7. The number of nitrogens with one attached hydrogen (secondary N) is 2. The molecule has 0 aliphatic rings. The van der Waals surface area contributed by atoms with Gasteiger partial charge in [0.2, 0.25) is 15.9 Å². The Balaban J connectivity index is 2.11. The van der Waals surface area contributed by atoms with Crippen molar-refractivity contribution in [2.24, 2.45) is 0 Å². The third kappa shape index (κ3) is 4.83. The molecule has 0 radical (unpaired) electrons. The summed E-state index contributed by atoms with van der Waals surface area (Å²) >= 11 is 0. The summed E-state index contributed by atoms with van der Waals surface area (Å²) in [6.45, 7) is 5.14. The van der Waals surface area contributed by atoms with E-state index < -0.39 is 22.0 Å². The Morgan fingerprint density at radius 1 is 1.08 bits per heavy atom. The molecule has 0 bridgehead atoms. The van der Waals surface area contributed by atoms with Crippen molar-refractivity contribution in [1.82, 2.24) is 10.0 Å². The first-order chi connectivity index (χ1) is 12.2. The lowest BCUT2D eigenvalue weighted by Crippen LogP contribution is -2.45. The van der Waals surface area contributed by atoms with Gasteiger partial charge in [-0.3, -0.25) is 4.79 Å². The second-order valence-electron chi connectivity index (χ2n) is 6.14. The molecule has 0 spiro atoms. The van der Waals surface area contributed by atoms with Crippen molar-refractivity contribution in [2.45, 2.75) is 37.8 Å². The van der Waals surface area contributed by atoms with E-state index in [1.54, 1.807) is 19.1 Å². The van der Waals surface area contributed by atoms with E-state index >= 15 is 0 Å². The number of hydrogen-bond donors (Lipinski definition) is 2. The van der Waals surface area contributed by atoms with E-state index in [0.717, 1.165) is 11.1 Å². The molecule has 0 saturated heterocycles. The molecule has 0 aliphatic carbocycles. The van der Waals surface area contributed by atoms with Crippen molar-refractivity contribution in [1.29, 1.82) is 0 Å². The number of aryl methyl sites for hydroxylation is 1. The molecule has 1 amide bonds. The van der Waals surface area contributed by atoms with Gasteiger partial charge in [-0.2, -0.15) is 4.72 Å². The van der Waals surface area contributed by atoms with Crippen LogP contribution < -0.4 is 14.8 Å². The van der Waals surface area contributed by atoms with Gasteiger partial charge >= 0.3 is 0 Å². The summed E-state index contributed by atoms with van der Waals surface area (Å²) in [6.07, 6.45) is 0. The van der Waals surface area contributed by atoms with Crippen LogP contribution in [-0.2, 0) is 14.8 Å². The highest BCUT2D eigenvalue weighted by Crippen LogP contribution is 2.24. The number of methoxy groups -OCH3 is 1. The quantitative estimate of drug-likeness (QED) is 0.778. The van der Waals surface area contributed by atoms with Gasteiger partial charge in [0.05, 0.1) is 19.2 Å². The molecule has 2 aromatic rings. The van der Waals surface area contributed by atoms with Crippen LogP contribution in [0.1, 0.15) is 31.0 Å². The van der Waals surface area contributed by atoms with Gasteiger partial charge in [-0.05, 0) is 44.0 Å². The molecule has 0 aromatic heterocycles. The summed E-state index contributed by atoms with van der Waals surface area (Å²) in [4.78, 5) is 12.4. The van der Waals surface area contributed by atoms with E-state index in [0.29, 0.717) is 0 Å². The number of hydrogen-bond acceptors (Lipinski definition) is 4. The lowest BCUT2D eigenvalue weighted by Gasteiger charge is -2.19. The topological polar surface area (TPSA) is 84.5 Å². The second-order valence-corrected chi connectivity index (χ2v) is 7.82. The highest BCUT2D eigenvalue weighted by atomic mass is 32.2. The van der Waals surface area contributed by atoms with E-state index in [9.17, 15) is 13.2 Å². The van der Waals surface area contributed by atoms with Crippen LogP contribution in [0.2, 0.25) is 0 Å². The number of benzene rings is 2. The van der Waals surface area contributed by atoms with Crippen molar-refractivity contribution in [3.8, 4) is 5.75 Å². The minimum absolute atomic E-state index is 0.00996. The number of rotatable bonds is 7. The fourth-order valence-corrected chi connectivity index (χ4v) is 3.96. The Hall–Kier alpha value is -2.38. The minimum atomic E-state index is -3.91. The number of amides is 1. The summed E-state index contributed by atoms with van der Waals surface area (Å²) in [7, 11) is -2.50. The predicted octanol–water partition coefficient (Wildman–Crippen LogP) is 2.55. The van der Waals surface area contributed by atoms with Crippen LogP contribution in [0.3, 0.4) is 0 Å². The fraction of sp³-hybridized carbons (Fsp3) is 0.316. The standard InChI is InChI=1S/C19H24N2O4S/c1-13-10-11-17(25-4)18(12-13)26(23,24)21-15(3)19(22)20-14(2)16-8-6-5-7-9-16/h5-12,14-15,21H,1-4H3,(H,20,22)/t14-,15-/m0/s1.